The normalized spacial score (nSPS) is 13.3. The molecule has 3 aromatic carbocycles. The van der Waals surface area contributed by atoms with Crippen molar-refractivity contribution in [1.29, 1.82) is 0 Å². The molecule has 142 valence electrons. The fourth-order valence-electron chi connectivity index (χ4n) is 4.57. The Bertz CT molecular complexity index is 1010. The van der Waals surface area contributed by atoms with E-state index in [1.807, 2.05) is 6.20 Å². The molecule has 0 amide bonds. The minimum Gasteiger partial charge on any atom is -0.338 e. The van der Waals surface area contributed by atoms with E-state index in [1.165, 1.54) is 22.3 Å². The lowest BCUT2D eigenvalue weighted by atomic mass is 9.75. The van der Waals surface area contributed by atoms with Gasteiger partial charge in [0, 0.05) is 17.2 Å². The summed E-state index contributed by atoms with van der Waals surface area (Å²) in [6.45, 7) is 0.914. The van der Waals surface area contributed by atoms with E-state index in [0.29, 0.717) is 0 Å². The molecule has 0 saturated heterocycles. The number of hydrogen-bond donors (Lipinski definition) is 0. The molecule has 29 heavy (non-hydrogen) atoms. The maximum absolute atomic E-state index is 4.86. The summed E-state index contributed by atoms with van der Waals surface area (Å²) in [6, 6.07) is 34.6. The Morgan fingerprint density at radius 1 is 0.724 bits per heavy atom. The first-order valence-corrected chi connectivity index (χ1v) is 10.7. The fraction of sp³-hybridized carbons (Fsp3) is 0.115. The van der Waals surface area contributed by atoms with Gasteiger partial charge in [-0.05, 0) is 50.7 Å². The number of anilines is 1. The molecule has 0 atom stereocenters. The maximum Gasteiger partial charge on any atom is 0.133 e. The van der Waals surface area contributed by atoms with Crippen molar-refractivity contribution in [2.75, 3.05) is 11.4 Å². The highest BCUT2D eigenvalue weighted by atomic mass is 79.9. The summed E-state index contributed by atoms with van der Waals surface area (Å²) in [7, 11) is 0. The largest absolute Gasteiger partial charge is 0.338 e. The van der Waals surface area contributed by atoms with Gasteiger partial charge in [-0.1, -0.05) is 91.0 Å². The van der Waals surface area contributed by atoms with Crippen molar-refractivity contribution in [3.8, 4) is 0 Å². The highest BCUT2D eigenvalue weighted by Crippen LogP contribution is 2.47. The number of nitrogens with zero attached hydrogens (tertiary/aromatic N) is 2. The van der Waals surface area contributed by atoms with Gasteiger partial charge in [-0.15, -0.1) is 0 Å². The van der Waals surface area contributed by atoms with E-state index in [1.54, 1.807) is 0 Å². The Morgan fingerprint density at radius 2 is 1.21 bits per heavy atom. The van der Waals surface area contributed by atoms with E-state index in [9.17, 15) is 0 Å². The van der Waals surface area contributed by atoms with E-state index >= 15 is 0 Å². The van der Waals surface area contributed by atoms with Crippen LogP contribution < -0.4 is 4.90 Å². The van der Waals surface area contributed by atoms with Crippen molar-refractivity contribution in [3.63, 3.8) is 0 Å². The van der Waals surface area contributed by atoms with Gasteiger partial charge in [0.05, 0.1) is 0 Å². The molecular weight excluding hydrogens is 420 g/mol. The minimum atomic E-state index is -0.449. The Labute approximate surface area is 180 Å². The van der Waals surface area contributed by atoms with Gasteiger partial charge in [0.1, 0.15) is 11.4 Å². The molecule has 0 fully saturated rings. The Kier molecular flexibility index (Phi) is 4.69. The van der Waals surface area contributed by atoms with E-state index < -0.39 is 5.54 Å². The first kappa shape index (κ1) is 18.1. The second-order valence-electron chi connectivity index (χ2n) is 7.35. The summed E-state index contributed by atoms with van der Waals surface area (Å²) in [5.41, 5.74) is 4.57. The topological polar surface area (TPSA) is 16.1 Å². The molecule has 0 unspecified atom stereocenters. The maximum atomic E-state index is 4.86. The minimum absolute atomic E-state index is 0.449. The summed E-state index contributed by atoms with van der Waals surface area (Å²) < 4.78 is 1.03. The van der Waals surface area contributed by atoms with Crippen LogP contribution in [-0.2, 0) is 12.0 Å². The average Bonchev–Trinajstić information content (AvgIpc) is 3.20. The van der Waals surface area contributed by atoms with Crippen LogP contribution in [0.5, 0.6) is 0 Å². The number of rotatable bonds is 4. The van der Waals surface area contributed by atoms with Crippen LogP contribution in [0.4, 0.5) is 5.82 Å². The van der Waals surface area contributed by atoms with E-state index in [0.717, 1.165) is 23.3 Å². The lowest BCUT2D eigenvalue weighted by Gasteiger charge is -2.44. The SMILES string of the molecule is Brc1cnc2c(c1)CCN2C(c1ccccc1)(c1ccccc1)c1ccccc1. The number of pyridine rings is 1. The zero-order valence-corrected chi connectivity index (χ0v) is 17.6. The number of hydrogen-bond acceptors (Lipinski definition) is 2. The predicted molar refractivity (Wildman–Crippen MR) is 122 cm³/mol. The van der Waals surface area contributed by atoms with Gasteiger partial charge in [0.25, 0.3) is 0 Å². The molecule has 0 radical (unpaired) electrons. The van der Waals surface area contributed by atoms with E-state index in [4.69, 9.17) is 4.98 Å². The third-order valence-electron chi connectivity index (χ3n) is 5.75. The molecule has 2 heterocycles. The van der Waals surface area contributed by atoms with Gasteiger partial charge in [-0.25, -0.2) is 4.98 Å². The van der Waals surface area contributed by atoms with Crippen LogP contribution in [0, 0.1) is 0 Å². The van der Waals surface area contributed by atoms with Gasteiger partial charge < -0.3 is 4.90 Å². The summed E-state index contributed by atoms with van der Waals surface area (Å²) in [5.74, 6) is 1.06. The van der Waals surface area contributed by atoms with Crippen LogP contribution >= 0.6 is 15.9 Å². The molecular formula is C26H21BrN2. The van der Waals surface area contributed by atoms with Crippen molar-refractivity contribution in [1.82, 2.24) is 4.98 Å². The molecule has 2 nitrogen and oxygen atoms in total. The van der Waals surface area contributed by atoms with Gasteiger partial charge >= 0.3 is 0 Å². The smallest absolute Gasteiger partial charge is 0.133 e. The van der Waals surface area contributed by atoms with E-state index in [2.05, 4.69) is 118 Å². The standard InChI is InChI=1S/C26H21BrN2/c27-24-18-20-16-17-29(25(20)28-19-24)26(21-10-4-1-5-11-21,22-12-6-2-7-13-22)23-14-8-3-9-15-23/h1-15,18-19H,16-17H2. The molecule has 4 aromatic rings. The van der Waals surface area contributed by atoms with Crippen molar-refractivity contribution in [2.45, 2.75) is 12.0 Å². The number of halogens is 1. The van der Waals surface area contributed by atoms with Gasteiger partial charge in [-0.2, -0.15) is 0 Å². The lowest BCUT2D eigenvalue weighted by molar-refractivity contribution is 0.570. The second-order valence-corrected chi connectivity index (χ2v) is 8.26. The molecule has 1 aliphatic heterocycles. The zero-order chi connectivity index (χ0) is 19.7. The summed E-state index contributed by atoms with van der Waals surface area (Å²) >= 11 is 3.59. The molecule has 0 aliphatic carbocycles. The van der Waals surface area contributed by atoms with E-state index in [-0.39, 0.29) is 0 Å². The summed E-state index contributed by atoms with van der Waals surface area (Å²) in [6.07, 6.45) is 2.89. The van der Waals surface area contributed by atoms with Crippen LogP contribution in [0.15, 0.2) is 108 Å². The number of benzene rings is 3. The molecule has 0 saturated carbocycles. The number of fused-ring (bicyclic) bond motifs is 1. The molecule has 5 rings (SSSR count). The molecule has 1 aliphatic rings. The van der Waals surface area contributed by atoms with Crippen LogP contribution in [-0.4, -0.2) is 11.5 Å². The van der Waals surface area contributed by atoms with Gasteiger partial charge in [0.2, 0.25) is 0 Å². The molecule has 0 N–H and O–H groups in total. The van der Waals surface area contributed by atoms with Crippen molar-refractivity contribution in [3.05, 3.63) is 130 Å². The fourth-order valence-corrected chi connectivity index (χ4v) is 4.95. The average molecular weight is 441 g/mol. The first-order valence-electron chi connectivity index (χ1n) is 9.89. The predicted octanol–water partition coefficient (Wildman–Crippen LogP) is 6.20. The third-order valence-corrected chi connectivity index (χ3v) is 6.18. The van der Waals surface area contributed by atoms with Crippen LogP contribution in [0.3, 0.4) is 0 Å². The van der Waals surface area contributed by atoms with Crippen molar-refractivity contribution in [2.24, 2.45) is 0 Å². The second kappa shape index (κ2) is 7.49. The Balaban J connectivity index is 1.85. The van der Waals surface area contributed by atoms with Crippen LogP contribution in [0.2, 0.25) is 0 Å². The first-order chi connectivity index (χ1) is 14.3. The third kappa shape index (κ3) is 2.97. The monoisotopic (exact) mass is 440 g/mol. The zero-order valence-electron chi connectivity index (χ0n) is 16.0. The summed E-state index contributed by atoms with van der Waals surface area (Å²) in [4.78, 5) is 7.34. The van der Waals surface area contributed by atoms with Crippen LogP contribution in [0.25, 0.3) is 0 Å². The highest BCUT2D eigenvalue weighted by molar-refractivity contribution is 9.10. The molecule has 0 spiro atoms. The lowest BCUT2D eigenvalue weighted by Crippen LogP contribution is -2.48. The van der Waals surface area contributed by atoms with Crippen molar-refractivity contribution >= 4 is 21.7 Å². The Hall–Kier alpha value is -2.91. The highest BCUT2D eigenvalue weighted by Gasteiger charge is 2.45. The molecule has 3 heteroatoms. The quantitative estimate of drug-likeness (QED) is 0.351. The van der Waals surface area contributed by atoms with Gasteiger partial charge in [-0.3, -0.25) is 0 Å². The Morgan fingerprint density at radius 3 is 1.69 bits per heavy atom. The number of aromatic nitrogens is 1. The van der Waals surface area contributed by atoms with Crippen LogP contribution in [0.1, 0.15) is 22.3 Å². The summed E-state index contributed by atoms with van der Waals surface area (Å²) in [5, 5.41) is 0. The van der Waals surface area contributed by atoms with Gasteiger partial charge in [0.15, 0.2) is 0 Å². The molecule has 1 aromatic heterocycles. The van der Waals surface area contributed by atoms with Crippen molar-refractivity contribution < 1.29 is 0 Å². The molecule has 0 bridgehead atoms.